The van der Waals surface area contributed by atoms with Crippen LogP contribution in [0.2, 0.25) is 0 Å². The van der Waals surface area contributed by atoms with E-state index in [9.17, 15) is 10.1 Å². The van der Waals surface area contributed by atoms with Crippen LogP contribution in [0.15, 0.2) is 18.2 Å². The largest absolute Gasteiger partial charge is 0.487 e. The second kappa shape index (κ2) is 6.09. The van der Waals surface area contributed by atoms with Gasteiger partial charge in [-0.1, -0.05) is 0 Å². The Morgan fingerprint density at radius 3 is 2.80 bits per heavy atom. The highest BCUT2D eigenvalue weighted by atomic mass is 16.6. The second-order valence-corrected chi connectivity index (χ2v) is 5.20. The second-order valence-electron chi connectivity index (χ2n) is 5.20. The van der Waals surface area contributed by atoms with Gasteiger partial charge in [0, 0.05) is 31.0 Å². The molecule has 20 heavy (non-hydrogen) atoms. The molecule has 0 amide bonds. The van der Waals surface area contributed by atoms with E-state index in [1.165, 1.54) is 6.07 Å². The van der Waals surface area contributed by atoms with E-state index in [0.29, 0.717) is 6.61 Å². The van der Waals surface area contributed by atoms with Crippen LogP contribution in [0.5, 0.6) is 5.75 Å². The lowest BCUT2D eigenvalue weighted by atomic mass is 10.0. The standard InChI is InChI=1S/C14H20N2O4/c1-2-20-13-9-11(3-4-12(13)16(18)19)15-10-14(5-6-14)7-8-17/h3-4,9,15,17H,2,5-8,10H2,1H3. The van der Waals surface area contributed by atoms with Gasteiger partial charge in [0.25, 0.3) is 0 Å². The van der Waals surface area contributed by atoms with Crippen LogP contribution in [0.1, 0.15) is 26.2 Å². The molecule has 1 aliphatic rings. The first-order valence-corrected chi connectivity index (χ1v) is 6.86. The SMILES string of the molecule is CCOc1cc(NCC2(CCO)CC2)ccc1[N+](=O)[O-]. The molecule has 1 aliphatic carbocycles. The molecule has 6 nitrogen and oxygen atoms in total. The molecule has 0 spiro atoms. The maximum atomic E-state index is 10.9. The van der Waals surface area contributed by atoms with Crippen molar-refractivity contribution in [1.29, 1.82) is 0 Å². The van der Waals surface area contributed by atoms with Crippen LogP contribution in [-0.4, -0.2) is 29.8 Å². The molecule has 0 bridgehead atoms. The van der Waals surface area contributed by atoms with Crippen LogP contribution in [0, 0.1) is 15.5 Å². The van der Waals surface area contributed by atoms with E-state index in [-0.39, 0.29) is 23.5 Å². The van der Waals surface area contributed by atoms with Gasteiger partial charge in [-0.05, 0) is 37.7 Å². The third-order valence-electron chi connectivity index (χ3n) is 3.72. The third-order valence-corrected chi connectivity index (χ3v) is 3.72. The lowest BCUT2D eigenvalue weighted by Gasteiger charge is -2.16. The minimum absolute atomic E-state index is 0.0195. The van der Waals surface area contributed by atoms with Crippen LogP contribution in [0.25, 0.3) is 0 Å². The van der Waals surface area contributed by atoms with E-state index >= 15 is 0 Å². The summed E-state index contributed by atoms with van der Waals surface area (Å²) in [5.74, 6) is 0.287. The quantitative estimate of drug-likeness (QED) is 0.564. The fourth-order valence-electron chi connectivity index (χ4n) is 2.26. The zero-order chi connectivity index (χ0) is 14.6. The van der Waals surface area contributed by atoms with Gasteiger partial charge in [0.15, 0.2) is 5.75 Å². The predicted molar refractivity (Wildman–Crippen MR) is 76.1 cm³/mol. The molecule has 110 valence electrons. The molecule has 0 heterocycles. The molecule has 1 aromatic rings. The van der Waals surface area contributed by atoms with Crippen molar-refractivity contribution in [3.05, 3.63) is 28.3 Å². The van der Waals surface area contributed by atoms with E-state index in [4.69, 9.17) is 9.84 Å². The molecule has 1 saturated carbocycles. The molecule has 1 aromatic carbocycles. The molecule has 6 heteroatoms. The van der Waals surface area contributed by atoms with Crippen molar-refractivity contribution in [3.8, 4) is 5.75 Å². The summed E-state index contributed by atoms with van der Waals surface area (Å²) in [6.45, 7) is 3.16. The Bertz CT molecular complexity index is 486. The first kappa shape index (κ1) is 14.6. The molecular formula is C14H20N2O4. The topological polar surface area (TPSA) is 84.6 Å². The van der Waals surface area contributed by atoms with E-state index in [1.807, 2.05) is 0 Å². The number of nitrogens with zero attached hydrogens (tertiary/aromatic N) is 1. The number of aliphatic hydroxyl groups excluding tert-OH is 1. The predicted octanol–water partition coefficient (Wildman–Crippen LogP) is 2.57. The van der Waals surface area contributed by atoms with Crippen molar-refractivity contribution >= 4 is 11.4 Å². The Morgan fingerprint density at radius 2 is 2.25 bits per heavy atom. The molecule has 0 atom stereocenters. The van der Waals surface area contributed by atoms with Crippen molar-refractivity contribution in [1.82, 2.24) is 0 Å². The number of nitrogens with one attached hydrogen (secondary N) is 1. The van der Waals surface area contributed by atoms with Crippen molar-refractivity contribution in [2.24, 2.45) is 5.41 Å². The molecule has 0 unspecified atom stereocenters. The molecule has 0 aliphatic heterocycles. The van der Waals surface area contributed by atoms with Crippen LogP contribution < -0.4 is 10.1 Å². The van der Waals surface area contributed by atoms with Gasteiger partial charge in [0.2, 0.25) is 0 Å². The Kier molecular flexibility index (Phi) is 4.44. The van der Waals surface area contributed by atoms with Crippen molar-refractivity contribution in [2.75, 3.05) is 25.1 Å². The van der Waals surface area contributed by atoms with Gasteiger partial charge in [-0.3, -0.25) is 10.1 Å². The van der Waals surface area contributed by atoms with Gasteiger partial charge in [-0.2, -0.15) is 0 Å². The first-order chi connectivity index (χ1) is 9.60. The van der Waals surface area contributed by atoms with E-state index in [0.717, 1.165) is 31.5 Å². The third kappa shape index (κ3) is 3.39. The van der Waals surface area contributed by atoms with Crippen LogP contribution in [-0.2, 0) is 0 Å². The Labute approximate surface area is 117 Å². The monoisotopic (exact) mass is 280 g/mol. The fourth-order valence-corrected chi connectivity index (χ4v) is 2.26. The summed E-state index contributed by atoms with van der Waals surface area (Å²) in [7, 11) is 0. The number of anilines is 1. The molecular weight excluding hydrogens is 260 g/mol. The zero-order valence-corrected chi connectivity index (χ0v) is 11.6. The lowest BCUT2D eigenvalue weighted by Crippen LogP contribution is -2.16. The van der Waals surface area contributed by atoms with E-state index in [2.05, 4.69) is 5.32 Å². The van der Waals surface area contributed by atoms with Gasteiger partial charge in [0.1, 0.15) is 0 Å². The summed E-state index contributed by atoms with van der Waals surface area (Å²) in [5, 5.41) is 23.2. The lowest BCUT2D eigenvalue weighted by molar-refractivity contribution is -0.385. The zero-order valence-electron chi connectivity index (χ0n) is 11.6. The highest BCUT2D eigenvalue weighted by Crippen LogP contribution is 2.48. The number of hydrogen-bond acceptors (Lipinski definition) is 5. The minimum atomic E-state index is -0.442. The van der Waals surface area contributed by atoms with Gasteiger partial charge >= 0.3 is 5.69 Å². The van der Waals surface area contributed by atoms with E-state index < -0.39 is 4.92 Å². The van der Waals surface area contributed by atoms with Crippen LogP contribution in [0.4, 0.5) is 11.4 Å². The van der Waals surface area contributed by atoms with Crippen molar-refractivity contribution in [2.45, 2.75) is 26.2 Å². The number of nitro groups is 1. The number of nitro benzene ring substituents is 1. The maximum absolute atomic E-state index is 10.9. The maximum Gasteiger partial charge on any atom is 0.311 e. The number of ether oxygens (including phenoxy) is 1. The summed E-state index contributed by atoms with van der Waals surface area (Å²) in [6, 6.07) is 4.81. The summed E-state index contributed by atoms with van der Waals surface area (Å²) in [6.07, 6.45) is 3.03. The van der Waals surface area contributed by atoms with Crippen molar-refractivity contribution < 1.29 is 14.8 Å². The normalized spacial score (nSPS) is 15.7. The Hall–Kier alpha value is -1.82. The Balaban J connectivity index is 2.05. The number of aliphatic hydroxyl groups is 1. The van der Waals surface area contributed by atoms with Gasteiger partial charge in [0.05, 0.1) is 11.5 Å². The fraction of sp³-hybridized carbons (Fsp3) is 0.571. The highest BCUT2D eigenvalue weighted by Gasteiger charge is 2.41. The average molecular weight is 280 g/mol. The van der Waals surface area contributed by atoms with Gasteiger partial charge < -0.3 is 15.2 Å². The van der Waals surface area contributed by atoms with Crippen LogP contribution >= 0.6 is 0 Å². The number of benzene rings is 1. The first-order valence-electron chi connectivity index (χ1n) is 6.86. The molecule has 2 N–H and O–H groups in total. The van der Waals surface area contributed by atoms with E-state index in [1.54, 1.807) is 19.1 Å². The summed E-state index contributed by atoms with van der Waals surface area (Å²) in [5.41, 5.74) is 0.986. The Morgan fingerprint density at radius 1 is 1.50 bits per heavy atom. The van der Waals surface area contributed by atoms with Crippen molar-refractivity contribution in [3.63, 3.8) is 0 Å². The smallest absolute Gasteiger partial charge is 0.311 e. The molecule has 0 aromatic heterocycles. The van der Waals surface area contributed by atoms with Gasteiger partial charge in [-0.15, -0.1) is 0 Å². The molecule has 2 rings (SSSR count). The minimum Gasteiger partial charge on any atom is -0.487 e. The average Bonchev–Trinajstić information content (AvgIpc) is 3.17. The molecule has 0 radical (unpaired) electrons. The summed E-state index contributed by atoms with van der Waals surface area (Å²) < 4.78 is 5.31. The summed E-state index contributed by atoms with van der Waals surface area (Å²) >= 11 is 0. The molecule has 0 saturated heterocycles. The van der Waals surface area contributed by atoms with Crippen LogP contribution in [0.3, 0.4) is 0 Å². The molecule has 1 fully saturated rings. The number of rotatable bonds is 8. The number of hydrogen-bond donors (Lipinski definition) is 2. The summed E-state index contributed by atoms with van der Waals surface area (Å²) in [4.78, 5) is 10.5. The van der Waals surface area contributed by atoms with Gasteiger partial charge in [-0.25, -0.2) is 0 Å². The highest BCUT2D eigenvalue weighted by molar-refractivity contribution is 5.58.